The van der Waals surface area contributed by atoms with Crippen LogP contribution >= 0.6 is 0 Å². The van der Waals surface area contributed by atoms with Gasteiger partial charge in [-0.05, 0) is 23.8 Å². The van der Waals surface area contributed by atoms with Crippen LogP contribution in [0.25, 0.3) is 33.6 Å². The van der Waals surface area contributed by atoms with Crippen molar-refractivity contribution >= 4 is 17.0 Å². The van der Waals surface area contributed by atoms with E-state index in [0.29, 0.717) is 18.5 Å². The second kappa shape index (κ2) is 6.87. The largest absolute Gasteiger partial charge is 0.454 e. The molecule has 6 rings (SSSR count). The van der Waals surface area contributed by atoms with Gasteiger partial charge >= 0.3 is 6.01 Å². The zero-order chi connectivity index (χ0) is 20.8. The summed E-state index contributed by atoms with van der Waals surface area (Å²) in [5, 5.41) is 16.6. The highest BCUT2D eigenvalue weighted by molar-refractivity contribution is 5.93. The van der Waals surface area contributed by atoms with Gasteiger partial charge in [-0.25, -0.2) is 4.98 Å². The molecular weight excluding hydrogens is 398 g/mol. The molecule has 0 atom stereocenters. The molecule has 10 nitrogen and oxygen atoms in total. The van der Waals surface area contributed by atoms with Crippen LogP contribution in [0.4, 0.5) is 6.01 Å². The summed E-state index contributed by atoms with van der Waals surface area (Å²) in [6.45, 7) is 0.764. The standard InChI is InChI=1S/C21H17N7O3/c1-28-10-14(8-25-28)13-5-15-16(9-23-19(15)22-7-13)20-26-27-21(31-20)24-6-12-2-3-17-18(4-12)30-11-29-17/h2-5,7-10H,6,11H2,1H3,(H,22,23)(H,24,27). The fraction of sp³-hybridized carbons (Fsp3) is 0.143. The van der Waals surface area contributed by atoms with Crippen molar-refractivity contribution in [3.63, 3.8) is 0 Å². The van der Waals surface area contributed by atoms with Crippen molar-refractivity contribution in [3.05, 3.63) is 54.6 Å². The first-order chi connectivity index (χ1) is 15.2. The molecule has 1 aliphatic rings. The first-order valence-corrected chi connectivity index (χ1v) is 9.65. The van der Waals surface area contributed by atoms with E-state index in [1.165, 1.54) is 0 Å². The number of H-pyrrole nitrogens is 1. The number of nitrogens with one attached hydrogen (secondary N) is 2. The maximum atomic E-state index is 5.85. The number of pyridine rings is 1. The van der Waals surface area contributed by atoms with E-state index in [2.05, 4.69) is 30.6 Å². The maximum Gasteiger partial charge on any atom is 0.316 e. The molecule has 154 valence electrons. The summed E-state index contributed by atoms with van der Waals surface area (Å²) in [6.07, 6.45) is 7.38. The lowest BCUT2D eigenvalue weighted by Crippen LogP contribution is -1.99. The number of hydrogen-bond acceptors (Lipinski definition) is 8. The van der Waals surface area contributed by atoms with Crippen LogP contribution in [0.3, 0.4) is 0 Å². The first kappa shape index (κ1) is 17.5. The Hall–Kier alpha value is -4.34. The fourth-order valence-electron chi connectivity index (χ4n) is 3.54. The van der Waals surface area contributed by atoms with E-state index in [-0.39, 0.29) is 6.79 Å². The van der Waals surface area contributed by atoms with Crippen molar-refractivity contribution in [1.29, 1.82) is 0 Å². The summed E-state index contributed by atoms with van der Waals surface area (Å²) in [4.78, 5) is 7.66. The minimum atomic E-state index is 0.251. The van der Waals surface area contributed by atoms with Crippen molar-refractivity contribution in [3.8, 4) is 34.1 Å². The fourth-order valence-corrected chi connectivity index (χ4v) is 3.54. The molecule has 0 unspecified atom stereocenters. The molecule has 0 aliphatic carbocycles. The van der Waals surface area contributed by atoms with Gasteiger partial charge in [-0.15, -0.1) is 5.10 Å². The molecule has 10 heteroatoms. The highest BCUT2D eigenvalue weighted by atomic mass is 16.7. The third-order valence-corrected chi connectivity index (χ3v) is 5.11. The van der Waals surface area contributed by atoms with Crippen LogP contribution in [0.5, 0.6) is 11.5 Å². The average Bonchev–Trinajstić information content (AvgIpc) is 3.57. The Morgan fingerprint density at radius 2 is 2.03 bits per heavy atom. The molecule has 0 spiro atoms. The lowest BCUT2D eigenvalue weighted by molar-refractivity contribution is 0.174. The predicted octanol–water partition coefficient (Wildman–Crippen LogP) is 3.35. The maximum absolute atomic E-state index is 5.85. The van der Waals surface area contributed by atoms with Gasteiger partial charge < -0.3 is 24.2 Å². The molecule has 0 amide bonds. The number of hydrogen-bond donors (Lipinski definition) is 2. The molecule has 5 heterocycles. The summed E-state index contributed by atoms with van der Waals surface area (Å²) in [6, 6.07) is 8.14. The number of nitrogens with zero attached hydrogens (tertiary/aromatic N) is 5. The van der Waals surface area contributed by atoms with E-state index in [9.17, 15) is 0 Å². The molecule has 31 heavy (non-hydrogen) atoms. The summed E-state index contributed by atoms with van der Waals surface area (Å²) < 4.78 is 18.4. The SMILES string of the molecule is Cn1cc(-c2cnc3[nH]cc(-c4nnc(NCc5ccc6c(c5)OCO6)o4)c3c2)cn1. The van der Waals surface area contributed by atoms with Crippen LogP contribution < -0.4 is 14.8 Å². The normalized spacial score (nSPS) is 12.5. The Morgan fingerprint density at radius 3 is 2.94 bits per heavy atom. The van der Waals surface area contributed by atoms with Crippen molar-refractivity contribution in [2.24, 2.45) is 7.05 Å². The molecule has 2 N–H and O–H groups in total. The molecule has 0 saturated heterocycles. The second-order valence-electron chi connectivity index (χ2n) is 7.18. The van der Waals surface area contributed by atoms with Crippen LogP contribution in [-0.2, 0) is 13.6 Å². The number of rotatable bonds is 5. The molecule has 1 aliphatic heterocycles. The Labute approximate surface area is 175 Å². The van der Waals surface area contributed by atoms with Gasteiger partial charge in [-0.2, -0.15) is 5.10 Å². The van der Waals surface area contributed by atoms with E-state index in [0.717, 1.165) is 44.8 Å². The quantitative estimate of drug-likeness (QED) is 0.449. The lowest BCUT2D eigenvalue weighted by atomic mass is 10.1. The van der Waals surface area contributed by atoms with Gasteiger partial charge in [0.2, 0.25) is 6.79 Å². The highest BCUT2D eigenvalue weighted by Crippen LogP contribution is 2.33. The number of aromatic amines is 1. The van der Waals surface area contributed by atoms with Crippen LogP contribution in [0.1, 0.15) is 5.56 Å². The third-order valence-electron chi connectivity index (χ3n) is 5.11. The van der Waals surface area contributed by atoms with Gasteiger partial charge in [0.25, 0.3) is 5.89 Å². The predicted molar refractivity (Wildman–Crippen MR) is 111 cm³/mol. The molecular formula is C21H17N7O3. The minimum absolute atomic E-state index is 0.251. The molecule has 0 bridgehead atoms. The molecule has 0 saturated carbocycles. The molecule has 0 fully saturated rings. The second-order valence-corrected chi connectivity index (χ2v) is 7.18. The van der Waals surface area contributed by atoms with Gasteiger partial charge in [0.05, 0.1) is 11.8 Å². The van der Waals surface area contributed by atoms with Crippen LogP contribution in [-0.4, -0.2) is 36.7 Å². The zero-order valence-electron chi connectivity index (χ0n) is 16.5. The molecule has 5 aromatic rings. The van der Waals surface area contributed by atoms with Gasteiger partial charge in [0.15, 0.2) is 11.5 Å². The molecule has 4 aromatic heterocycles. The summed E-state index contributed by atoms with van der Waals surface area (Å²) in [7, 11) is 1.88. The number of aryl methyl sites for hydroxylation is 1. The summed E-state index contributed by atoms with van der Waals surface area (Å²) in [5.41, 5.74) is 4.50. The van der Waals surface area contributed by atoms with Crippen molar-refractivity contribution < 1.29 is 13.9 Å². The summed E-state index contributed by atoms with van der Waals surface area (Å²) >= 11 is 0. The number of fused-ring (bicyclic) bond motifs is 2. The van der Waals surface area contributed by atoms with E-state index in [1.807, 2.05) is 49.9 Å². The Morgan fingerprint density at radius 1 is 1.10 bits per heavy atom. The monoisotopic (exact) mass is 415 g/mol. The van der Waals surface area contributed by atoms with Crippen molar-refractivity contribution in [2.75, 3.05) is 12.1 Å². The van der Waals surface area contributed by atoms with Crippen LogP contribution in [0.2, 0.25) is 0 Å². The topological polar surface area (TPSA) is 116 Å². The van der Waals surface area contributed by atoms with E-state index in [4.69, 9.17) is 13.9 Å². The van der Waals surface area contributed by atoms with Gasteiger partial charge in [-0.1, -0.05) is 11.2 Å². The average molecular weight is 415 g/mol. The highest BCUT2D eigenvalue weighted by Gasteiger charge is 2.16. The minimum Gasteiger partial charge on any atom is -0.454 e. The van der Waals surface area contributed by atoms with Crippen LogP contribution in [0, 0.1) is 0 Å². The summed E-state index contributed by atoms with van der Waals surface area (Å²) in [5.74, 6) is 1.90. The van der Waals surface area contributed by atoms with Gasteiger partial charge in [0.1, 0.15) is 5.65 Å². The molecule has 1 aromatic carbocycles. The number of ether oxygens (including phenoxy) is 2. The Kier molecular flexibility index (Phi) is 3.88. The Balaban J connectivity index is 1.25. The van der Waals surface area contributed by atoms with E-state index < -0.39 is 0 Å². The number of anilines is 1. The third kappa shape index (κ3) is 3.14. The molecule has 0 radical (unpaired) electrons. The number of aromatic nitrogens is 6. The van der Waals surface area contributed by atoms with E-state index in [1.54, 1.807) is 10.9 Å². The van der Waals surface area contributed by atoms with Crippen LogP contribution in [0.15, 0.2) is 53.5 Å². The smallest absolute Gasteiger partial charge is 0.316 e. The first-order valence-electron chi connectivity index (χ1n) is 9.65. The Bertz CT molecular complexity index is 1400. The van der Waals surface area contributed by atoms with Gasteiger partial charge in [0, 0.05) is 48.7 Å². The van der Waals surface area contributed by atoms with Gasteiger partial charge in [-0.3, -0.25) is 4.68 Å². The number of benzene rings is 1. The lowest BCUT2D eigenvalue weighted by Gasteiger charge is -2.03. The van der Waals surface area contributed by atoms with Crippen molar-refractivity contribution in [2.45, 2.75) is 6.54 Å². The van der Waals surface area contributed by atoms with E-state index >= 15 is 0 Å². The van der Waals surface area contributed by atoms with Crippen molar-refractivity contribution in [1.82, 2.24) is 29.9 Å². The zero-order valence-corrected chi connectivity index (χ0v) is 16.5.